The van der Waals surface area contributed by atoms with E-state index in [1.807, 2.05) is 36.4 Å². The van der Waals surface area contributed by atoms with E-state index in [0.717, 1.165) is 22.8 Å². The average Bonchev–Trinajstić information content (AvgIpc) is 3.22. The van der Waals surface area contributed by atoms with Crippen molar-refractivity contribution >= 4 is 35.0 Å². The van der Waals surface area contributed by atoms with Gasteiger partial charge in [-0.05, 0) is 34.7 Å². The molecule has 1 saturated carbocycles. The molecule has 0 saturated heterocycles. The summed E-state index contributed by atoms with van der Waals surface area (Å²) in [4.78, 5) is 24.2. The number of amides is 2. The van der Waals surface area contributed by atoms with Crippen LogP contribution in [-0.2, 0) is 9.59 Å². The monoisotopic (exact) mass is 403 g/mol. The van der Waals surface area contributed by atoms with Gasteiger partial charge in [0.2, 0.25) is 11.8 Å². The molecule has 2 aromatic rings. The van der Waals surface area contributed by atoms with Gasteiger partial charge in [-0.1, -0.05) is 62.1 Å². The number of halogens is 1. The van der Waals surface area contributed by atoms with Crippen molar-refractivity contribution in [1.82, 2.24) is 10.6 Å². The Morgan fingerprint density at radius 1 is 1.04 bits per heavy atom. The minimum atomic E-state index is -0.266. The number of benzene rings is 2. The topological polar surface area (TPSA) is 84.2 Å². The fourth-order valence-corrected chi connectivity index (χ4v) is 3.85. The van der Waals surface area contributed by atoms with E-state index in [1.54, 1.807) is 0 Å². The van der Waals surface area contributed by atoms with Crippen LogP contribution in [0.5, 0.6) is 0 Å². The number of fused-ring (bicyclic) bond motifs is 1. The van der Waals surface area contributed by atoms with Gasteiger partial charge in [0.1, 0.15) is 0 Å². The van der Waals surface area contributed by atoms with Crippen LogP contribution in [0.2, 0.25) is 0 Å². The largest absolute Gasteiger partial charge is 0.347 e. The molecule has 0 bridgehead atoms. The van der Waals surface area contributed by atoms with Crippen LogP contribution in [0.25, 0.3) is 10.8 Å². The summed E-state index contributed by atoms with van der Waals surface area (Å²) in [7, 11) is 0. The third kappa shape index (κ3) is 6.21. The molecule has 1 fully saturated rings. The number of hydrogen-bond donors (Lipinski definition) is 3. The molecule has 4 N–H and O–H groups in total. The Kier molecular flexibility index (Phi) is 8.74. The van der Waals surface area contributed by atoms with Crippen LogP contribution in [0.1, 0.15) is 50.1 Å². The lowest BCUT2D eigenvalue weighted by molar-refractivity contribution is -0.126. The molecule has 3 rings (SSSR count). The van der Waals surface area contributed by atoms with Gasteiger partial charge in [-0.15, -0.1) is 12.4 Å². The Labute approximate surface area is 172 Å². The van der Waals surface area contributed by atoms with Gasteiger partial charge >= 0.3 is 0 Å². The average molecular weight is 404 g/mol. The zero-order valence-corrected chi connectivity index (χ0v) is 17.0. The van der Waals surface area contributed by atoms with Crippen molar-refractivity contribution in [3.05, 3.63) is 48.0 Å². The zero-order valence-electron chi connectivity index (χ0n) is 16.2. The van der Waals surface area contributed by atoms with E-state index in [-0.39, 0.29) is 36.8 Å². The Bertz CT molecular complexity index is 790. The van der Waals surface area contributed by atoms with Gasteiger partial charge in [-0.25, -0.2) is 0 Å². The van der Waals surface area contributed by atoms with Crippen LogP contribution < -0.4 is 16.4 Å². The number of hydrogen-bond acceptors (Lipinski definition) is 3. The summed E-state index contributed by atoms with van der Waals surface area (Å²) < 4.78 is 0. The van der Waals surface area contributed by atoms with Crippen LogP contribution in [0.15, 0.2) is 42.5 Å². The number of nitrogens with one attached hydrogen (secondary N) is 2. The molecule has 5 nitrogen and oxygen atoms in total. The summed E-state index contributed by atoms with van der Waals surface area (Å²) in [5, 5.41) is 7.91. The van der Waals surface area contributed by atoms with E-state index in [0.29, 0.717) is 18.9 Å². The zero-order chi connectivity index (χ0) is 19.1. The smallest absolute Gasteiger partial charge is 0.239 e. The highest BCUT2D eigenvalue weighted by Crippen LogP contribution is 2.28. The van der Waals surface area contributed by atoms with Gasteiger partial charge in [-0.3, -0.25) is 9.59 Å². The molecule has 28 heavy (non-hydrogen) atoms. The van der Waals surface area contributed by atoms with E-state index in [1.165, 1.54) is 25.7 Å². The predicted molar refractivity (Wildman–Crippen MR) is 115 cm³/mol. The van der Waals surface area contributed by atoms with Crippen molar-refractivity contribution in [2.45, 2.75) is 44.6 Å². The number of rotatable bonds is 8. The molecule has 0 aliphatic heterocycles. The SMILES string of the molecule is Cl.NCC(NC(=O)CNC(=O)CCC1CCCC1)c1ccc2ccccc2c1. The Balaban J connectivity index is 0.00000280. The summed E-state index contributed by atoms with van der Waals surface area (Å²) in [5.41, 5.74) is 6.84. The van der Waals surface area contributed by atoms with E-state index >= 15 is 0 Å². The van der Waals surface area contributed by atoms with Gasteiger partial charge in [0.25, 0.3) is 0 Å². The summed E-state index contributed by atoms with van der Waals surface area (Å²) in [6.07, 6.45) is 6.46. The number of nitrogens with two attached hydrogens (primary N) is 1. The summed E-state index contributed by atoms with van der Waals surface area (Å²) >= 11 is 0. The molecular formula is C22H30ClN3O2. The lowest BCUT2D eigenvalue weighted by atomic mass is 10.0. The van der Waals surface area contributed by atoms with Gasteiger partial charge in [0.15, 0.2) is 0 Å². The highest BCUT2D eigenvalue weighted by molar-refractivity contribution is 5.86. The molecule has 6 heteroatoms. The van der Waals surface area contributed by atoms with Crippen molar-refractivity contribution in [2.75, 3.05) is 13.1 Å². The normalized spacial score (nSPS) is 15.0. The summed E-state index contributed by atoms with van der Waals surface area (Å²) in [6.45, 7) is 0.299. The van der Waals surface area contributed by atoms with Gasteiger partial charge in [-0.2, -0.15) is 0 Å². The summed E-state index contributed by atoms with van der Waals surface area (Å²) in [6, 6.07) is 13.9. The van der Waals surface area contributed by atoms with Gasteiger partial charge in [0, 0.05) is 13.0 Å². The van der Waals surface area contributed by atoms with E-state index in [4.69, 9.17) is 5.73 Å². The fourth-order valence-electron chi connectivity index (χ4n) is 3.85. The molecule has 1 aliphatic rings. The second kappa shape index (κ2) is 11.0. The maximum Gasteiger partial charge on any atom is 0.239 e. The number of carbonyl (C=O) groups excluding carboxylic acids is 2. The van der Waals surface area contributed by atoms with E-state index in [9.17, 15) is 9.59 Å². The van der Waals surface area contributed by atoms with E-state index in [2.05, 4.69) is 16.7 Å². The first-order chi connectivity index (χ1) is 13.2. The van der Waals surface area contributed by atoms with Gasteiger partial charge in [0.05, 0.1) is 12.6 Å². The molecule has 2 amide bonds. The lowest BCUT2D eigenvalue weighted by Crippen LogP contribution is -2.40. The third-order valence-electron chi connectivity index (χ3n) is 5.45. The molecule has 1 unspecified atom stereocenters. The van der Waals surface area contributed by atoms with E-state index < -0.39 is 0 Å². The van der Waals surface area contributed by atoms with Gasteiger partial charge < -0.3 is 16.4 Å². The third-order valence-corrected chi connectivity index (χ3v) is 5.45. The predicted octanol–water partition coefficient (Wildman–Crippen LogP) is 3.46. The van der Waals surface area contributed by atoms with Crippen molar-refractivity contribution in [3.8, 4) is 0 Å². The maximum absolute atomic E-state index is 12.2. The maximum atomic E-state index is 12.2. The molecule has 0 radical (unpaired) electrons. The van der Waals surface area contributed by atoms with Crippen LogP contribution in [-0.4, -0.2) is 24.9 Å². The van der Waals surface area contributed by atoms with Crippen molar-refractivity contribution < 1.29 is 9.59 Å². The summed E-state index contributed by atoms with van der Waals surface area (Å²) in [5.74, 6) is 0.416. The molecular weight excluding hydrogens is 374 g/mol. The first-order valence-corrected chi connectivity index (χ1v) is 9.90. The lowest BCUT2D eigenvalue weighted by Gasteiger charge is -2.18. The number of carbonyl (C=O) groups is 2. The minimum Gasteiger partial charge on any atom is -0.347 e. The fraction of sp³-hybridized carbons (Fsp3) is 0.455. The first-order valence-electron chi connectivity index (χ1n) is 9.90. The molecule has 152 valence electrons. The molecule has 2 aromatic carbocycles. The first kappa shape index (κ1) is 22.2. The Morgan fingerprint density at radius 2 is 1.75 bits per heavy atom. The van der Waals surface area contributed by atoms with Crippen LogP contribution in [0, 0.1) is 5.92 Å². The Morgan fingerprint density at radius 3 is 2.46 bits per heavy atom. The minimum absolute atomic E-state index is 0. The van der Waals surface area contributed by atoms with Crippen molar-refractivity contribution in [1.29, 1.82) is 0 Å². The molecule has 1 aliphatic carbocycles. The highest BCUT2D eigenvalue weighted by Gasteiger charge is 2.17. The van der Waals surface area contributed by atoms with Crippen molar-refractivity contribution in [2.24, 2.45) is 11.7 Å². The van der Waals surface area contributed by atoms with Crippen LogP contribution >= 0.6 is 12.4 Å². The standard InChI is InChI=1S/C22H29N3O2.ClH/c23-14-20(19-11-10-17-7-3-4-8-18(17)13-19)25-22(27)15-24-21(26)12-9-16-5-1-2-6-16;/h3-4,7-8,10-11,13,16,20H,1-2,5-6,9,12,14-15,23H2,(H,24,26)(H,25,27);1H. The van der Waals surface area contributed by atoms with Crippen molar-refractivity contribution in [3.63, 3.8) is 0 Å². The van der Waals surface area contributed by atoms with Crippen LogP contribution in [0.3, 0.4) is 0 Å². The molecule has 1 atom stereocenters. The highest BCUT2D eigenvalue weighted by atomic mass is 35.5. The quantitative estimate of drug-likeness (QED) is 0.631. The molecule has 0 aromatic heterocycles. The van der Waals surface area contributed by atoms with Crippen LogP contribution in [0.4, 0.5) is 0 Å². The molecule has 0 spiro atoms. The molecule has 0 heterocycles. The second-order valence-electron chi connectivity index (χ2n) is 7.43. The Hall–Kier alpha value is -2.11. The second-order valence-corrected chi connectivity index (χ2v) is 7.43.